The monoisotopic (exact) mass is 332 g/mol. The molecule has 5 nitrogen and oxygen atoms in total. The van der Waals surface area contributed by atoms with Crippen LogP contribution in [0.1, 0.15) is 36.7 Å². The summed E-state index contributed by atoms with van der Waals surface area (Å²) in [6.07, 6.45) is 1.81. The molecule has 0 aliphatic heterocycles. The van der Waals surface area contributed by atoms with Crippen LogP contribution in [0.5, 0.6) is 5.88 Å². The summed E-state index contributed by atoms with van der Waals surface area (Å²) in [4.78, 5) is 16.2. The van der Waals surface area contributed by atoms with Crippen LogP contribution in [0.2, 0.25) is 0 Å². The van der Waals surface area contributed by atoms with E-state index in [1.54, 1.807) is 31.5 Å². The molecule has 1 heterocycles. The number of hydrogen-bond donors (Lipinski definition) is 2. The first-order valence-corrected chi connectivity index (χ1v) is 7.93. The summed E-state index contributed by atoms with van der Waals surface area (Å²) in [5, 5.41) is 9.04. The average Bonchev–Trinajstić information content (AvgIpc) is 2.52. The number of aromatic nitrogens is 1. The first-order valence-electron chi connectivity index (χ1n) is 7.12. The van der Waals surface area contributed by atoms with Crippen molar-refractivity contribution >= 4 is 23.6 Å². The van der Waals surface area contributed by atoms with Gasteiger partial charge in [-0.1, -0.05) is 26.8 Å². The van der Waals surface area contributed by atoms with E-state index in [4.69, 9.17) is 9.84 Å². The number of ether oxygens (including phenoxy) is 1. The van der Waals surface area contributed by atoms with Gasteiger partial charge in [-0.05, 0) is 47.2 Å². The van der Waals surface area contributed by atoms with Gasteiger partial charge in [0.05, 0.1) is 12.7 Å². The molecule has 1 aromatic carbocycles. The molecule has 2 aromatic rings. The van der Waals surface area contributed by atoms with E-state index < -0.39 is 5.97 Å². The Bertz CT molecular complexity index is 711. The Balaban J connectivity index is 2.22. The number of carbonyl (C=O) groups is 1. The third-order valence-corrected chi connectivity index (χ3v) is 4.08. The number of nitrogens with zero attached hydrogens (tertiary/aromatic N) is 1. The molecule has 0 saturated carbocycles. The van der Waals surface area contributed by atoms with Gasteiger partial charge in [-0.3, -0.25) is 0 Å². The predicted molar refractivity (Wildman–Crippen MR) is 92.4 cm³/mol. The lowest BCUT2D eigenvalue weighted by atomic mass is 9.88. The average molecular weight is 332 g/mol. The van der Waals surface area contributed by atoms with E-state index in [9.17, 15) is 4.79 Å². The lowest BCUT2D eigenvalue weighted by Gasteiger charge is -2.20. The molecular weight excluding hydrogens is 312 g/mol. The zero-order valence-corrected chi connectivity index (χ0v) is 14.4. The van der Waals surface area contributed by atoms with Gasteiger partial charge in [-0.2, -0.15) is 0 Å². The van der Waals surface area contributed by atoms with Gasteiger partial charge in [-0.15, -0.1) is 0 Å². The number of benzene rings is 1. The van der Waals surface area contributed by atoms with Crippen LogP contribution in [0.3, 0.4) is 0 Å². The summed E-state index contributed by atoms with van der Waals surface area (Å²) in [5.41, 5.74) is 2.07. The Hall–Kier alpha value is -2.21. The van der Waals surface area contributed by atoms with Crippen molar-refractivity contribution < 1.29 is 14.6 Å². The highest BCUT2D eigenvalue weighted by Gasteiger charge is 2.17. The summed E-state index contributed by atoms with van der Waals surface area (Å²) < 4.78 is 8.48. The molecule has 0 aliphatic carbocycles. The largest absolute Gasteiger partial charge is 0.480 e. The van der Waals surface area contributed by atoms with Crippen molar-refractivity contribution in [1.29, 1.82) is 0 Å². The second-order valence-electron chi connectivity index (χ2n) is 6.07. The first kappa shape index (κ1) is 17.1. The number of methoxy groups -OCH3 is 1. The van der Waals surface area contributed by atoms with Crippen molar-refractivity contribution in [3.8, 4) is 5.88 Å². The summed E-state index contributed by atoms with van der Waals surface area (Å²) in [7, 11) is 1.57. The number of carboxylic acids is 1. The van der Waals surface area contributed by atoms with Crippen molar-refractivity contribution in [1.82, 2.24) is 4.98 Å². The molecular formula is C17H20N2O3S. The number of aromatic carboxylic acids is 1. The van der Waals surface area contributed by atoms with Gasteiger partial charge in [0.25, 0.3) is 0 Å². The van der Waals surface area contributed by atoms with Gasteiger partial charge >= 0.3 is 5.97 Å². The lowest BCUT2D eigenvalue weighted by molar-refractivity contribution is 0.0696. The van der Waals surface area contributed by atoms with E-state index in [2.05, 4.69) is 30.5 Å². The van der Waals surface area contributed by atoms with E-state index >= 15 is 0 Å². The molecule has 6 heteroatoms. The molecule has 2 rings (SSSR count). The number of carboxylic acid groups (broad SMARTS) is 1. The fourth-order valence-corrected chi connectivity index (χ4v) is 2.61. The molecule has 2 N–H and O–H groups in total. The molecule has 0 amide bonds. The number of hydrogen-bond acceptors (Lipinski definition) is 5. The molecule has 0 aliphatic rings. The Morgan fingerprint density at radius 2 is 2.04 bits per heavy atom. The van der Waals surface area contributed by atoms with Gasteiger partial charge in [0, 0.05) is 11.1 Å². The van der Waals surface area contributed by atoms with Crippen LogP contribution >= 0.6 is 11.9 Å². The molecule has 0 fully saturated rings. The van der Waals surface area contributed by atoms with Crippen LogP contribution < -0.4 is 9.46 Å². The Morgan fingerprint density at radius 1 is 1.30 bits per heavy atom. The molecule has 0 saturated heterocycles. The highest BCUT2D eigenvalue weighted by atomic mass is 32.2. The van der Waals surface area contributed by atoms with E-state index in [0.29, 0.717) is 5.88 Å². The standard InChI is InChI=1S/C17H20N2O3S/c1-17(2,3)12-9-14(15(22-4)18-10-12)19-23-13-7-5-6-11(8-13)16(20)21/h5-10,19H,1-4H3,(H,20,21). The van der Waals surface area contributed by atoms with Gasteiger partial charge in [-0.25, -0.2) is 9.78 Å². The minimum atomic E-state index is -0.943. The second kappa shape index (κ2) is 6.91. The Morgan fingerprint density at radius 3 is 2.65 bits per heavy atom. The number of pyridine rings is 1. The van der Waals surface area contributed by atoms with Crippen LogP contribution in [0, 0.1) is 0 Å². The number of anilines is 1. The summed E-state index contributed by atoms with van der Waals surface area (Å²) in [5.74, 6) is -0.443. The zero-order valence-electron chi connectivity index (χ0n) is 13.6. The lowest BCUT2D eigenvalue weighted by Crippen LogP contribution is -2.12. The van der Waals surface area contributed by atoms with Gasteiger partial charge in [0.1, 0.15) is 5.69 Å². The third-order valence-electron chi connectivity index (χ3n) is 3.27. The fraction of sp³-hybridized carbons (Fsp3) is 0.294. The number of nitrogens with one attached hydrogen (secondary N) is 1. The van der Waals surface area contributed by atoms with Gasteiger partial charge < -0.3 is 14.6 Å². The van der Waals surface area contributed by atoms with Crippen molar-refractivity contribution in [3.05, 3.63) is 47.7 Å². The van der Waals surface area contributed by atoms with Gasteiger partial charge in [0.15, 0.2) is 0 Å². The molecule has 0 bridgehead atoms. The molecule has 23 heavy (non-hydrogen) atoms. The zero-order chi connectivity index (χ0) is 17.0. The maximum absolute atomic E-state index is 11.0. The summed E-state index contributed by atoms with van der Waals surface area (Å²) in [6.45, 7) is 6.34. The van der Waals surface area contributed by atoms with Crippen LogP contribution in [0.4, 0.5) is 5.69 Å². The Labute approximate surface area is 140 Å². The first-order chi connectivity index (χ1) is 10.8. The maximum atomic E-state index is 11.0. The molecule has 0 spiro atoms. The smallest absolute Gasteiger partial charge is 0.335 e. The normalized spacial score (nSPS) is 11.1. The minimum absolute atomic E-state index is 0.0242. The van der Waals surface area contributed by atoms with Crippen LogP contribution in [0.15, 0.2) is 41.4 Å². The van der Waals surface area contributed by atoms with E-state index in [1.807, 2.05) is 12.1 Å². The van der Waals surface area contributed by atoms with Crippen molar-refractivity contribution in [2.45, 2.75) is 31.1 Å². The van der Waals surface area contributed by atoms with E-state index in [1.165, 1.54) is 11.9 Å². The molecule has 122 valence electrons. The number of rotatable bonds is 5. The molecule has 0 radical (unpaired) electrons. The minimum Gasteiger partial charge on any atom is -0.480 e. The van der Waals surface area contributed by atoms with Crippen molar-refractivity contribution in [2.75, 3.05) is 11.8 Å². The summed E-state index contributed by atoms with van der Waals surface area (Å²) >= 11 is 1.32. The molecule has 0 atom stereocenters. The van der Waals surface area contributed by atoms with Crippen LogP contribution in [-0.4, -0.2) is 23.2 Å². The van der Waals surface area contributed by atoms with Crippen LogP contribution in [-0.2, 0) is 5.41 Å². The van der Waals surface area contributed by atoms with Crippen LogP contribution in [0.25, 0.3) is 0 Å². The van der Waals surface area contributed by atoms with E-state index in [-0.39, 0.29) is 11.0 Å². The summed E-state index contributed by atoms with van der Waals surface area (Å²) in [6, 6.07) is 8.74. The molecule has 1 aromatic heterocycles. The fourth-order valence-electron chi connectivity index (χ4n) is 1.90. The quantitative estimate of drug-likeness (QED) is 0.799. The topological polar surface area (TPSA) is 71.5 Å². The van der Waals surface area contributed by atoms with Crippen molar-refractivity contribution in [2.24, 2.45) is 0 Å². The Kier molecular flexibility index (Phi) is 5.15. The maximum Gasteiger partial charge on any atom is 0.335 e. The molecule has 0 unspecified atom stereocenters. The van der Waals surface area contributed by atoms with E-state index in [0.717, 1.165) is 16.1 Å². The highest BCUT2D eigenvalue weighted by Crippen LogP contribution is 2.32. The third kappa shape index (κ3) is 4.39. The predicted octanol–water partition coefficient (Wildman–Crippen LogP) is 4.21. The van der Waals surface area contributed by atoms with Crippen molar-refractivity contribution in [3.63, 3.8) is 0 Å². The van der Waals surface area contributed by atoms with Gasteiger partial charge in [0.2, 0.25) is 5.88 Å². The highest BCUT2D eigenvalue weighted by molar-refractivity contribution is 8.00. The SMILES string of the molecule is COc1ncc(C(C)(C)C)cc1NSc1cccc(C(=O)O)c1. The second-order valence-corrected chi connectivity index (χ2v) is 6.95.